The molecule has 2 amide bonds. The van der Waals surface area contributed by atoms with Crippen LogP contribution in [0.2, 0.25) is 5.02 Å². The molecular formula is C26H29ClN2O4S. The van der Waals surface area contributed by atoms with Crippen molar-refractivity contribution in [3.05, 3.63) is 81.7 Å². The Hall–Kier alpha value is -2.32. The van der Waals surface area contributed by atoms with Crippen molar-refractivity contribution < 1.29 is 19.8 Å². The van der Waals surface area contributed by atoms with E-state index >= 15 is 0 Å². The number of halogens is 1. The Balaban J connectivity index is 1.26. The molecule has 2 unspecified atom stereocenters. The molecule has 3 N–H and O–H groups in total. The Morgan fingerprint density at radius 1 is 1.12 bits per heavy atom. The molecule has 6 nitrogen and oxygen atoms in total. The van der Waals surface area contributed by atoms with Gasteiger partial charge < -0.3 is 20.4 Å². The number of carbonyl (C=O) groups is 2. The molecule has 4 atom stereocenters. The van der Waals surface area contributed by atoms with Gasteiger partial charge in [-0.15, -0.1) is 11.8 Å². The van der Waals surface area contributed by atoms with E-state index in [-0.39, 0.29) is 11.3 Å². The van der Waals surface area contributed by atoms with E-state index in [1.807, 2.05) is 30.3 Å². The second kappa shape index (κ2) is 11.4. The fourth-order valence-corrected chi connectivity index (χ4v) is 5.78. The molecular weight excluding hydrogens is 472 g/mol. The number of likely N-dealkylation sites (tertiary alicyclic amines) is 1. The van der Waals surface area contributed by atoms with E-state index in [2.05, 4.69) is 22.9 Å². The van der Waals surface area contributed by atoms with Crippen LogP contribution in [0.1, 0.15) is 36.4 Å². The molecule has 4 rings (SSSR count). The van der Waals surface area contributed by atoms with Gasteiger partial charge in [0.05, 0.1) is 6.04 Å². The molecule has 8 heteroatoms. The number of amides is 2. The molecule has 0 spiro atoms. The van der Waals surface area contributed by atoms with Crippen molar-refractivity contribution >= 4 is 35.2 Å². The summed E-state index contributed by atoms with van der Waals surface area (Å²) in [6, 6.07) is 17.2. The molecule has 1 saturated heterocycles. The largest absolute Gasteiger partial charge is 0.380 e. The number of carbonyl (C=O) groups excluding carboxylic acids is 2. The Kier molecular flexibility index (Phi) is 8.32. The number of thioether (sulfide) groups is 1. The highest BCUT2D eigenvalue weighted by atomic mass is 35.5. The molecule has 34 heavy (non-hydrogen) atoms. The Morgan fingerprint density at radius 3 is 2.68 bits per heavy atom. The number of allylic oxidation sites excluding steroid dienone is 1. The lowest BCUT2D eigenvalue weighted by Crippen LogP contribution is -2.51. The highest BCUT2D eigenvalue weighted by molar-refractivity contribution is 8.03. The summed E-state index contributed by atoms with van der Waals surface area (Å²) in [5.74, 6) is -1.39. The lowest BCUT2D eigenvalue weighted by atomic mass is 10.0. The van der Waals surface area contributed by atoms with Crippen LogP contribution in [-0.4, -0.2) is 57.5 Å². The number of aliphatic hydroxyl groups excluding tert-OH is 2. The lowest BCUT2D eigenvalue weighted by molar-refractivity contribution is -0.153. The zero-order valence-electron chi connectivity index (χ0n) is 18.8. The van der Waals surface area contributed by atoms with Gasteiger partial charge in [0.1, 0.15) is 0 Å². The molecule has 0 aromatic heterocycles. The van der Waals surface area contributed by atoms with E-state index in [1.165, 1.54) is 16.0 Å². The first-order valence-corrected chi connectivity index (χ1v) is 12.8. The minimum atomic E-state index is -1.82. The number of nitrogens with one attached hydrogen (secondary N) is 1. The molecule has 2 aromatic rings. The van der Waals surface area contributed by atoms with Gasteiger partial charge in [0, 0.05) is 23.4 Å². The van der Waals surface area contributed by atoms with Crippen LogP contribution in [0, 0.1) is 0 Å². The first-order valence-electron chi connectivity index (χ1n) is 11.5. The predicted octanol–water partition coefficient (Wildman–Crippen LogP) is 3.47. The highest BCUT2D eigenvalue weighted by Crippen LogP contribution is 2.34. The predicted molar refractivity (Wildman–Crippen MR) is 134 cm³/mol. The van der Waals surface area contributed by atoms with E-state index in [9.17, 15) is 19.8 Å². The Bertz CT molecular complexity index is 1050. The zero-order valence-corrected chi connectivity index (χ0v) is 20.3. The third-order valence-electron chi connectivity index (χ3n) is 6.29. The molecule has 180 valence electrons. The van der Waals surface area contributed by atoms with Crippen LogP contribution in [0.3, 0.4) is 0 Å². The van der Waals surface area contributed by atoms with Crippen molar-refractivity contribution in [2.45, 2.75) is 49.2 Å². The smallest absolute Gasteiger partial charge is 0.255 e. The number of benzene rings is 2. The summed E-state index contributed by atoms with van der Waals surface area (Å²) in [5.41, 5.74) is 3.42. The van der Waals surface area contributed by atoms with Gasteiger partial charge in [-0.2, -0.15) is 0 Å². The van der Waals surface area contributed by atoms with Crippen LogP contribution in [0.15, 0.2) is 65.6 Å². The summed E-state index contributed by atoms with van der Waals surface area (Å²) < 4.78 is 0. The zero-order chi connectivity index (χ0) is 24.1. The Labute approximate surface area is 209 Å². The van der Waals surface area contributed by atoms with Crippen molar-refractivity contribution in [1.82, 2.24) is 10.2 Å². The van der Waals surface area contributed by atoms with Crippen molar-refractivity contribution in [1.29, 1.82) is 0 Å². The Morgan fingerprint density at radius 2 is 1.91 bits per heavy atom. The second-order valence-corrected chi connectivity index (χ2v) is 10.4. The van der Waals surface area contributed by atoms with Gasteiger partial charge in [-0.3, -0.25) is 9.59 Å². The molecule has 0 saturated carbocycles. The number of nitrogens with zero attached hydrogens (tertiary/aromatic N) is 1. The summed E-state index contributed by atoms with van der Waals surface area (Å²) in [4.78, 5) is 26.9. The van der Waals surface area contributed by atoms with Gasteiger partial charge in [0.2, 0.25) is 0 Å². The fraction of sp³-hybridized carbons (Fsp3) is 0.385. The van der Waals surface area contributed by atoms with Gasteiger partial charge in [-0.05, 0) is 54.4 Å². The average Bonchev–Trinajstić information content (AvgIpc) is 3.51. The standard InChI is InChI=1S/C26H29ClN2O4S/c27-20-9-4-8-19(14-20)22-10-5-11-29(22)26(33)24(31)23(30)25(32)28-15-21-13-18(16-34-21)12-17-6-2-1-3-7-17/h1-4,6-9,14,16,21-24,30-31H,5,10-13,15H2,(H,28,32)/t21?,22?,23-,24-/m1/s1. The van der Waals surface area contributed by atoms with Crippen LogP contribution in [0.25, 0.3) is 0 Å². The molecule has 2 aromatic carbocycles. The first kappa shape index (κ1) is 24.8. The molecule has 0 aliphatic carbocycles. The van der Waals surface area contributed by atoms with Crippen LogP contribution in [0.5, 0.6) is 0 Å². The third-order valence-corrected chi connectivity index (χ3v) is 7.71. The summed E-state index contributed by atoms with van der Waals surface area (Å²) in [7, 11) is 0. The molecule has 0 bridgehead atoms. The number of aliphatic hydroxyl groups is 2. The molecule has 1 fully saturated rings. The van der Waals surface area contributed by atoms with E-state index < -0.39 is 24.0 Å². The van der Waals surface area contributed by atoms with Gasteiger partial charge >= 0.3 is 0 Å². The maximum atomic E-state index is 12.9. The summed E-state index contributed by atoms with van der Waals surface area (Å²) in [6.07, 6.45) is -0.420. The molecule has 2 aliphatic heterocycles. The van der Waals surface area contributed by atoms with Crippen LogP contribution >= 0.6 is 23.4 Å². The maximum absolute atomic E-state index is 12.9. The summed E-state index contributed by atoms with van der Waals surface area (Å²) in [5, 5.41) is 26.4. The summed E-state index contributed by atoms with van der Waals surface area (Å²) in [6.45, 7) is 0.807. The third kappa shape index (κ3) is 6.02. The first-order chi connectivity index (χ1) is 16.4. The van der Waals surface area contributed by atoms with Crippen molar-refractivity contribution in [2.75, 3.05) is 13.1 Å². The monoisotopic (exact) mass is 500 g/mol. The maximum Gasteiger partial charge on any atom is 0.255 e. The summed E-state index contributed by atoms with van der Waals surface area (Å²) >= 11 is 7.74. The normalized spacial score (nSPS) is 21.7. The van der Waals surface area contributed by atoms with E-state index in [4.69, 9.17) is 11.6 Å². The second-order valence-electron chi connectivity index (χ2n) is 8.78. The minimum absolute atomic E-state index is 0.161. The SMILES string of the molecule is O=C(NCC1CC(Cc2ccccc2)=CS1)[C@H](O)[C@@H](O)C(=O)N1CCCC1c1cccc(Cl)c1. The lowest BCUT2D eigenvalue weighted by Gasteiger charge is -2.28. The fourth-order valence-electron chi connectivity index (χ4n) is 4.53. The van der Waals surface area contributed by atoms with Crippen LogP contribution < -0.4 is 5.32 Å². The van der Waals surface area contributed by atoms with Crippen molar-refractivity contribution in [3.8, 4) is 0 Å². The molecule has 2 aliphatic rings. The highest BCUT2D eigenvalue weighted by Gasteiger charge is 2.38. The van der Waals surface area contributed by atoms with E-state index in [0.717, 1.165) is 31.2 Å². The number of rotatable bonds is 8. The van der Waals surface area contributed by atoms with Gasteiger partial charge in [-0.1, -0.05) is 59.6 Å². The van der Waals surface area contributed by atoms with Gasteiger partial charge in [-0.25, -0.2) is 0 Å². The molecule has 2 heterocycles. The van der Waals surface area contributed by atoms with Crippen molar-refractivity contribution in [2.24, 2.45) is 0 Å². The quantitative estimate of drug-likeness (QED) is 0.516. The van der Waals surface area contributed by atoms with Gasteiger partial charge in [0.25, 0.3) is 11.8 Å². The van der Waals surface area contributed by atoms with Crippen molar-refractivity contribution in [3.63, 3.8) is 0 Å². The van der Waals surface area contributed by atoms with Crippen LogP contribution in [-0.2, 0) is 16.0 Å². The minimum Gasteiger partial charge on any atom is -0.380 e. The van der Waals surface area contributed by atoms with Gasteiger partial charge in [0.15, 0.2) is 12.2 Å². The number of hydrogen-bond donors (Lipinski definition) is 3. The molecule has 0 radical (unpaired) electrons. The average molecular weight is 501 g/mol. The van der Waals surface area contributed by atoms with E-state index in [1.54, 1.807) is 23.9 Å². The van der Waals surface area contributed by atoms with E-state index in [0.29, 0.717) is 18.1 Å². The topological polar surface area (TPSA) is 89.9 Å². The van der Waals surface area contributed by atoms with Crippen LogP contribution in [0.4, 0.5) is 0 Å². The number of hydrogen-bond acceptors (Lipinski definition) is 5.